The van der Waals surface area contributed by atoms with E-state index in [2.05, 4.69) is 15.4 Å². The average molecular weight is 395 g/mol. The van der Waals surface area contributed by atoms with Gasteiger partial charge in [-0.2, -0.15) is 5.10 Å². The average Bonchev–Trinajstić information content (AvgIpc) is 3.11. The molecule has 1 fully saturated rings. The second-order valence-corrected chi connectivity index (χ2v) is 8.28. The molecular weight excluding hydrogens is 374 g/mol. The number of pyridine rings is 1. The zero-order valence-corrected chi connectivity index (χ0v) is 16.6. The first-order valence-corrected chi connectivity index (χ1v) is 10.1. The third-order valence-electron chi connectivity index (χ3n) is 5.51. The van der Waals surface area contributed by atoms with Crippen LogP contribution in [0.4, 0.5) is 11.6 Å². The molecule has 1 aliphatic heterocycles. The maximum atomic E-state index is 13.0. The Labute approximate surface area is 167 Å². The largest absolute Gasteiger partial charge is 0.383 e. The summed E-state index contributed by atoms with van der Waals surface area (Å²) in [5, 5.41) is 7.45. The van der Waals surface area contributed by atoms with Gasteiger partial charge in [0.05, 0.1) is 23.9 Å². The maximum Gasteiger partial charge on any atom is 0.255 e. The van der Waals surface area contributed by atoms with E-state index in [1.54, 1.807) is 35.5 Å². The first-order chi connectivity index (χ1) is 13.6. The lowest BCUT2D eigenvalue weighted by Gasteiger charge is -2.24. The molecule has 8 heteroatoms. The molecule has 1 saturated carbocycles. The summed E-state index contributed by atoms with van der Waals surface area (Å²) < 4.78 is 6.96. The van der Waals surface area contributed by atoms with E-state index in [0.29, 0.717) is 13.2 Å². The number of hydrogen-bond acceptors (Lipinski definition) is 6. The number of rotatable bonds is 6. The zero-order valence-electron chi connectivity index (χ0n) is 15.8. The topological polar surface area (TPSA) is 72.3 Å². The maximum absolute atomic E-state index is 13.0. The first kappa shape index (κ1) is 17.4. The van der Waals surface area contributed by atoms with Crippen molar-refractivity contribution in [2.24, 2.45) is 7.05 Å². The van der Waals surface area contributed by atoms with Gasteiger partial charge in [-0.05, 0) is 36.6 Å². The third-order valence-corrected chi connectivity index (χ3v) is 6.89. The number of ether oxygens (including phenoxy) is 1. The van der Waals surface area contributed by atoms with Gasteiger partial charge in [0.2, 0.25) is 0 Å². The van der Waals surface area contributed by atoms with E-state index in [-0.39, 0.29) is 11.4 Å². The van der Waals surface area contributed by atoms with Crippen molar-refractivity contribution in [2.45, 2.75) is 18.4 Å². The monoisotopic (exact) mass is 395 g/mol. The first-order valence-electron chi connectivity index (χ1n) is 9.29. The van der Waals surface area contributed by atoms with Crippen LogP contribution in [0, 0.1) is 0 Å². The second kappa shape index (κ2) is 6.42. The zero-order chi connectivity index (χ0) is 19.3. The van der Waals surface area contributed by atoms with Crippen molar-refractivity contribution in [1.82, 2.24) is 19.7 Å². The van der Waals surface area contributed by atoms with Crippen LogP contribution in [0.25, 0.3) is 10.4 Å². The van der Waals surface area contributed by atoms with Crippen LogP contribution in [0.15, 0.2) is 36.7 Å². The molecule has 0 atom stereocenters. The van der Waals surface area contributed by atoms with Crippen molar-refractivity contribution in [1.29, 1.82) is 0 Å². The Morgan fingerprint density at radius 1 is 1.29 bits per heavy atom. The Morgan fingerprint density at radius 2 is 2.14 bits per heavy atom. The molecule has 5 rings (SSSR count). The fourth-order valence-electron chi connectivity index (χ4n) is 3.89. The molecule has 1 amide bonds. The lowest BCUT2D eigenvalue weighted by Crippen LogP contribution is -2.36. The van der Waals surface area contributed by atoms with Gasteiger partial charge < -0.3 is 15.0 Å². The number of carbonyl (C=O) groups excluding carboxylic acids is 1. The number of hydrogen-bond donors (Lipinski definition) is 1. The molecule has 4 heterocycles. The molecule has 0 aromatic carbocycles. The molecule has 7 nitrogen and oxygen atoms in total. The molecule has 0 bridgehead atoms. The molecule has 144 valence electrons. The fraction of sp³-hybridized carbons (Fsp3) is 0.350. The Bertz CT molecular complexity index is 1050. The standard InChI is InChI=1S/C20H21N5O2S/c1-24-17(4-8-22-24)23-16-11-13(3-7-21-16)15-12-14-18(28-15)20(5-6-20)25(19(14)26)9-10-27-2/h3-4,7-8,11-12H,5-6,9-10H2,1-2H3,(H,21,23). The van der Waals surface area contributed by atoms with E-state index in [0.717, 1.165) is 40.5 Å². The molecule has 1 aliphatic carbocycles. The molecule has 0 saturated heterocycles. The summed E-state index contributed by atoms with van der Waals surface area (Å²) >= 11 is 1.73. The van der Waals surface area contributed by atoms with E-state index in [1.807, 2.05) is 36.2 Å². The van der Waals surface area contributed by atoms with Gasteiger partial charge in [0, 0.05) is 42.7 Å². The number of nitrogens with zero attached hydrogens (tertiary/aromatic N) is 4. The van der Waals surface area contributed by atoms with Crippen LogP contribution in [-0.2, 0) is 17.3 Å². The number of fused-ring (bicyclic) bond motifs is 2. The van der Waals surface area contributed by atoms with Crippen molar-refractivity contribution >= 4 is 28.9 Å². The number of carbonyl (C=O) groups is 1. The van der Waals surface area contributed by atoms with E-state index in [9.17, 15) is 4.79 Å². The summed E-state index contributed by atoms with van der Waals surface area (Å²) in [6.07, 6.45) is 5.61. The summed E-state index contributed by atoms with van der Waals surface area (Å²) in [6.45, 7) is 1.22. The van der Waals surface area contributed by atoms with Crippen molar-refractivity contribution < 1.29 is 9.53 Å². The van der Waals surface area contributed by atoms with Crippen LogP contribution in [-0.4, -0.2) is 45.8 Å². The lowest BCUT2D eigenvalue weighted by atomic mass is 10.1. The highest BCUT2D eigenvalue weighted by molar-refractivity contribution is 7.16. The summed E-state index contributed by atoms with van der Waals surface area (Å²) in [6, 6.07) is 7.94. The highest BCUT2D eigenvalue weighted by Crippen LogP contribution is 2.59. The molecule has 3 aromatic rings. The van der Waals surface area contributed by atoms with Gasteiger partial charge in [-0.25, -0.2) is 4.98 Å². The highest BCUT2D eigenvalue weighted by Gasteiger charge is 2.58. The fourth-order valence-corrected chi connectivity index (χ4v) is 5.30. The Kier molecular flexibility index (Phi) is 3.99. The minimum Gasteiger partial charge on any atom is -0.383 e. The number of anilines is 2. The minimum atomic E-state index is -0.0866. The number of aromatic nitrogens is 3. The van der Waals surface area contributed by atoms with Gasteiger partial charge in [0.15, 0.2) is 0 Å². The normalized spacial score (nSPS) is 16.6. The summed E-state index contributed by atoms with van der Waals surface area (Å²) in [5.74, 6) is 1.76. The van der Waals surface area contributed by atoms with Crippen LogP contribution in [0.1, 0.15) is 28.1 Å². The van der Waals surface area contributed by atoms with Crippen LogP contribution in [0.3, 0.4) is 0 Å². The van der Waals surface area contributed by atoms with E-state index in [4.69, 9.17) is 4.74 Å². The van der Waals surface area contributed by atoms with Crippen molar-refractivity contribution in [3.05, 3.63) is 47.1 Å². The van der Waals surface area contributed by atoms with E-state index in [1.165, 1.54) is 4.88 Å². The summed E-state index contributed by atoms with van der Waals surface area (Å²) in [7, 11) is 3.56. The van der Waals surface area contributed by atoms with Gasteiger partial charge in [-0.15, -0.1) is 11.3 Å². The van der Waals surface area contributed by atoms with Crippen LogP contribution < -0.4 is 5.32 Å². The number of thiophene rings is 1. The molecule has 1 spiro atoms. The van der Waals surface area contributed by atoms with Crippen molar-refractivity contribution in [3.63, 3.8) is 0 Å². The highest BCUT2D eigenvalue weighted by atomic mass is 32.1. The van der Waals surface area contributed by atoms with E-state index >= 15 is 0 Å². The smallest absolute Gasteiger partial charge is 0.255 e. The molecule has 1 N–H and O–H groups in total. The van der Waals surface area contributed by atoms with Crippen LogP contribution >= 0.6 is 11.3 Å². The lowest BCUT2D eigenvalue weighted by molar-refractivity contribution is 0.0623. The van der Waals surface area contributed by atoms with Gasteiger partial charge in [0.25, 0.3) is 5.91 Å². The predicted octanol–water partition coefficient (Wildman–Crippen LogP) is 3.38. The molecule has 3 aromatic heterocycles. The SMILES string of the molecule is COCCN1C(=O)c2cc(-c3ccnc(Nc4ccnn4C)c3)sc2C12CC2. The number of nitrogens with one attached hydrogen (secondary N) is 1. The van der Waals surface area contributed by atoms with Crippen molar-refractivity contribution in [2.75, 3.05) is 25.6 Å². The van der Waals surface area contributed by atoms with Gasteiger partial charge in [-0.1, -0.05) is 0 Å². The molecule has 28 heavy (non-hydrogen) atoms. The van der Waals surface area contributed by atoms with E-state index < -0.39 is 0 Å². The Morgan fingerprint density at radius 3 is 2.86 bits per heavy atom. The predicted molar refractivity (Wildman–Crippen MR) is 108 cm³/mol. The minimum absolute atomic E-state index is 0.0866. The summed E-state index contributed by atoms with van der Waals surface area (Å²) in [4.78, 5) is 21.7. The molecular formula is C20H21N5O2S. The molecule has 2 aliphatic rings. The number of aryl methyl sites for hydroxylation is 1. The Balaban J connectivity index is 1.44. The number of amides is 1. The van der Waals surface area contributed by atoms with Gasteiger partial charge in [0.1, 0.15) is 11.6 Å². The van der Waals surface area contributed by atoms with Gasteiger partial charge in [-0.3, -0.25) is 9.48 Å². The Hall–Kier alpha value is -2.71. The van der Waals surface area contributed by atoms with Gasteiger partial charge >= 0.3 is 0 Å². The van der Waals surface area contributed by atoms with Crippen LogP contribution in [0.5, 0.6) is 0 Å². The third kappa shape index (κ3) is 2.63. The number of methoxy groups -OCH3 is 1. The van der Waals surface area contributed by atoms with Crippen LogP contribution in [0.2, 0.25) is 0 Å². The molecule has 0 radical (unpaired) electrons. The van der Waals surface area contributed by atoms with Crippen molar-refractivity contribution in [3.8, 4) is 10.4 Å². The summed E-state index contributed by atoms with van der Waals surface area (Å²) in [5.41, 5.74) is 1.83. The quantitative estimate of drug-likeness (QED) is 0.693. The second-order valence-electron chi connectivity index (χ2n) is 7.23. The molecule has 0 unspecified atom stereocenters.